The van der Waals surface area contributed by atoms with Crippen LogP contribution in [-0.4, -0.2) is 50.3 Å². The van der Waals surface area contributed by atoms with Crippen LogP contribution in [0.5, 0.6) is 0 Å². The summed E-state index contributed by atoms with van der Waals surface area (Å²) in [7, 11) is 1.77. The van der Waals surface area contributed by atoms with Crippen molar-refractivity contribution in [2.75, 3.05) is 33.4 Å². The minimum Gasteiger partial charge on any atom is -0.380 e. The van der Waals surface area contributed by atoms with E-state index in [0.717, 1.165) is 25.7 Å². The van der Waals surface area contributed by atoms with Crippen molar-refractivity contribution in [3.63, 3.8) is 0 Å². The number of nitrogens with zero attached hydrogens (tertiary/aromatic N) is 1. The van der Waals surface area contributed by atoms with Crippen molar-refractivity contribution in [3.8, 4) is 0 Å². The third-order valence-corrected chi connectivity index (χ3v) is 3.57. The van der Waals surface area contributed by atoms with Gasteiger partial charge in [0.2, 0.25) is 0 Å². The summed E-state index contributed by atoms with van der Waals surface area (Å²) in [6.45, 7) is 6.54. The molecule has 16 heavy (non-hydrogen) atoms. The third-order valence-electron chi connectivity index (χ3n) is 3.57. The van der Waals surface area contributed by atoms with Gasteiger partial charge in [-0.1, -0.05) is 6.08 Å². The van der Waals surface area contributed by atoms with Gasteiger partial charge in [0.25, 0.3) is 0 Å². The minimum absolute atomic E-state index is 0.654. The second-order valence-electron chi connectivity index (χ2n) is 5.07. The lowest BCUT2D eigenvalue weighted by atomic mass is 10.1. The molecule has 1 unspecified atom stereocenters. The van der Waals surface area contributed by atoms with Gasteiger partial charge in [-0.15, -0.1) is 0 Å². The Morgan fingerprint density at radius 1 is 1.56 bits per heavy atom. The normalized spacial score (nSPS) is 24.2. The number of rotatable bonds is 6. The molecule has 1 N–H and O–H groups in total. The minimum atomic E-state index is 0.654. The van der Waals surface area contributed by atoms with Crippen molar-refractivity contribution in [2.24, 2.45) is 0 Å². The number of nitrogens with one attached hydrogen (secondary N) is 1. The molecular formula is C13H24N2O. The summed E-state index contributed by atoms with van der Waals surface area (Å²) in [5, 5.41) is 3.60. The van der Waals surface area contributed by atoms with Crippen LogP contribution in [-0.2, 0) is 4.74 Å². The van der Waals surface area contributed by atoms with Crippen molar-refractivity contribution < 1.29 is 4.74 Å². The van der Waals surface area contributed by atoms with Crippen LogP contribution >= 0.6 is 0 Å². The van der Waals surface area contributed by atoms with Crippen molar-refractivity contribution in [1.82, 2.24) is 10.2 Å². The first-order valence-electron chi connectivity index (χ1n) is 6.44. The molecule has 1 aliphatic carbocycles. The largest absolute Gasteiger partial charge is 0.380 e. The van der Waals surface area contributed by atoms with Gasteiger partial charge in [0, 0.05) is 38.8 Å². The maximum absolute atomic E-state index is 5.17. The van der Waals surface area contributed by atoms with E-state index in [-0.39, 0.29) is 0 Å². The topological polar surface area (TPSA) is 24.5 Å². The van der Waals surface area contributed by atoms with Crippen molar-refractivity contribution in [2.45, 2.75) is 38.3 Å². The fraction of sp³-hybridized carbons (Fsp3) is 0.846. The van der Waals surface area contributed by atoms with Crippen LogP contribution in [0.1, 0.15) is 26.2 Å². The highest BCUT2D eigenvalue weighted by Crippen LogP contribution is 2.19. The van der Waals surface area contributed by atoms with Gasteiger partial charge in [-0.25, -0.2) is 0 Å². The van der Waals surface area contributed by atoms with Crippen LogP contribution in [0.15, 0.2) is 11.6 Å². The van der Waals surface area contributed by atoms with Crippen molar-refractivity contribution >= 4 is 0 Å². The predicted molar refractivity (Wildman–Crippen MR) is 66.6 cm³/mol. The quantitative estimate of drug-likeness (QED) is 0.690. The van der Waals surface area contributed by atoms with Gasteiger partial charge in [-0.3, -0.25) is 4.90 Å². The SMILES string of the molecule is COCC1=CCN(C(C)CNC2CC2)CC1. The molecule has 0 aromatic carbocycles. The zero-order valence-electron chi connectivity index (χ0n) is 10.5. The van der Waals surface area contributed by atoms with E-state index in [1.54, 1.807) is 7.11 Å². The van der Waals surface area contributed by atoms with E-state index in [4.69, 9.17) is 4.74 Å². The maximum atomic E-state index is 5.17. The molecular weight excluding hydrogens is 200 g/mol. The number of methoxy groups -OCH3 is 1. The molecule has 3 heteroatoms. The smallest absolute Gasteiger partial charge is 0.0673 e. The van der Waals surface area contributed by atoms with Crippen LogP contribution in [0.2, 0.25) is 0 Å². The standard InChI is InChI=1S/C13H24N2O/c1-11(9-14-13-3-4-13)15-7-5-12(6-8-15)10-16-2/h5,11,13-14H,3-4,6-10H2,1-2H3. The number of hydrogen-bond donors (Lipinski definition) is 1. The zero-order chi connectivity index (χ0) is 11.4. The molecule has 2 aliphatic rings. The van der Waals surface area contributed by atoms with Gasteiger partial charge in [0.05, 0.1) is 6.61 Å². The van der Waals surface area contributed by atoms with E-state index in [9.17, 15) is 0 Å². The maximum Gasteiger partial charge on any atom is 0.0673 e. The molecule has 3 nitrogen and oxygen atoms in total. The molecule has 0 saturated heterocycles. The van der Waals surface area contributed by atoms with Crippen LogP contribution < -0.4 is 5.32 Å². The van der Waals surface area contributed by atoms with Gasteiger partial charge in [0.1, 0.15) is 0 Å². The van der Waals surface area contributed by atoms with E-state index in [2.05, 4.69) is 23.2 Å². The summed E-state index contributed by atoms with van der Waals surface area (Å²) in [6, 6.07) is 1.48. The van der Waals surface area contributed by atoms with Crippen molar-refractivity contribution in [1.29, 1.82) is 0 Å². The first-order chi connectivity index (χ1) is 7.79. The second kappa shape index (κ2) is 5.80. The van der Waals surface area contributed by atoms with Crippen LogP contribution in [0, 0.1) is 0 Å². The van der Waals surface area contributed by atoms with Crippen LogP contribution in [0.4, 0.5) is 0 Å². The Morgan fingerprint density at radius 2 is 2.38 bits per heavy atom. The van der Waals surface area contributed by atoms with E-state index in [1.807, 2.05) is 0 Å². The predicted octanol–water partition coefficient (Wildman–Crippen LogP) is 1.41. The molecule has 1 saturated carbocycles. The molecule has 2 rings (SSSR count). The fourth-order valence-corrected chi connectivity index (χ4v) is 2.20. The molecule has 0 radical (unpaired) electrons. The highest BCUT2D eigenvalue weighted by atomic mass is 16.5. The second-order valence-corrected chi connectivity index (χ2v) is 5.07. The lowest BCUT2D eigenvalue weighted by Gasteiger charge is -2.32. The van der Waals surface area contributed by atoms with Gasteiger partial charge < -0.3 is 10.1 Å². The number of hydrogen-bond acceptors (Lipinski definition) is 3. The fourth-order valence-electron chi connectivity index (χ4n) is 2.20. The molecule has 1 atom stereocenters. The lowest BCUT2D eigenvalue weighted by molar-refractivity contribution is 0.193. The Morgan fingerprint density at radius 3 is 2.94 bits per heavy atom. The molecule has 0 spiro atoms. The molecule has 1 heterocycles. The summed E-state index contributed by atoms with van der Waals surface area (Å²) < 4.78 is 5.17. The Balaban J connectivity index is 1.69. The summed E-state index contributed by atoms with van der Waals surface area (Å²) in [5.41, 5.74) is 1.46. The van der Waals surface area contributed by atoms with Crippen molar-refractivity contribution in [3.05, 3.63) is 11.6 Å². The van der Waals surface area contributed by atoms with E-state index in [1.165, 1.54) is 31.4 Å². The molecule has 0 aromatic heterocycles. The highest BCUT2D eigenvalue weighted by Gasteiger charge is 2.23. The van der Waals surface area contributed by atoms with Crippen LogP contribution in [0.3, 0.4) is 0 Å². The first kappa shape index (κ1) is 12.1. The summed E-state index contributed by atoms with van der Waals surface area (Å²) in [6.07, 6.45) is 6.26. The molecule has 1 aliphatic heterocycles. The Labute approximate surface area is 98.8 Å². The van der Waals surface area contributed by atoms with E-state index < -0.39 is 0 Å². The highest BCUT2D eigenvalue weighted by molar-refractivity contribution is 5.08. The summed E-state index contributed by atoms with van der Waals surface area (Å²) in [5.74, 6) is 0. The third kappa shape index (κ3) is 3.58. The molecule has 92 valence electrons. The Hall–Kier alpha value is -0.380. The number of ether oxygens (including phenoxy) is 1. The summed E-state index contributed by atoms with van der Waals surface area (Å²) in [4.78, 5) is 2.55. The Kier molecular flexibility index (Phi) is 4.38. The monoisotopic (exact) mass is 224 g/mol. The van der Waals surface area contributed by atoms with Gasteiger partial charge in [-0.2, -0.15) is 0 Å². The molecule has 0 amide bonds. The van der Waals surface area contributed by atoms with Crippen LogP contribution in [0.25, 0.3) is 0 Å². The first-order valence-corrected chi connectivity index (χ1v) is 6.44. The average molecular weight is 224 g/mol. The molecule has 0 aromatic rings. The van der Waals surface area contributed by atoms with E-state index >= 15 is 0 Å². The average Bonchev–Trinajstić information content (AvgIpc) is 3.11. The molecule has 0 bridgehead atoms. The Bertz CT molecular complexity index is 248. The summed E-state index contributed by atoms with van der Waals surface area (Å²) >= 11 is 0. The van der Waals surface area contributed by atoms with Gasteiger partial charge >= 0.3 is 0 Å². The molecule has 1 fully saturated rings. The van der Waals surface area contributed by atoms with E-state index in [0.29, 0.717) is 6.04 Å². The van der Waals surface area contributed by atoms with Gasteiger partial charge in [0.15, 0.2) is 0 Å². The zero-order valence-corrected chi connectivity index (χ0v) is 10.5. The lowest BCUT2D eigenvalue weighted by Crippen LogP contribution is -2.43. The van der Waals surface area contributed by atoms with Gasteiger partial charge in [-0.05, 0) is 31.8 Å².